The summed E-state index contributed by atoms with van der Waals surface area (Å²) in [4.78, 5) is 26.0. The fourth-order valence-electron chi connectivity index (χ4n) is 2.57. The van der Waals surface area contributed by atoms with Gasteiger partial charge in [0.1, 0.15) is 6.10 Å². The lowest BCUT2D eigenvalue weighted by molar-refractivity contribution is -0.145. The average molecular weight is 294 g/mol. The van der Waals surface area contributed by atoms with Gasteiger partial charge in [-0.25, -0.2) is 0 Å². The van der Waals surface area contributed by atoms with E-state index in [-0.39, 0.29) is 17.7 Å². The summed E-state index contributed by atoms with van der Waals surface area (Å²) in [6.45, 7) is 7.24. The van der Waals surface area contributed by atoms with Gasteiger partial charge < -0.3 is 15.0 Å². The smallest absolute Gasteiger partial charge is 0.251 e. The van der Waals surface area contributed by atoms with Crippen molar-refractivity contribution in [3.8, 4) is 0 Å². The molecule has 0 aromatic heterocycles. The molecular weight excluding hydrogens is 268 g/mol. The lowest BCUT2D eigenvalue weighted by atomic mass is 9.95. The van der Waals surface area contributed by atoms with Crippen LogP contribution in [0.5, 0.6) is 0 Å². The zero-order valence-corrected chi connectivity index (χ0v) is 12.8. The van der Waals surface area contributed by atoms with Crippen molar-refractivity contribution in [3.05, 3.63) is 12.7 Å². The van der Waals surface area contributed by atoms with Gasteiger partial charge in [-0.1, -0.05) is 6.08 Å². The van der Waals surface area contributed by atoms with Crippen molar-refractivity contribution in [2.75, 3.05) is 19.7 Å². The number of nitrogens with zero attached hydrogens (tertiary/aromatic N) is 1. The van der Waals surface area contributed by atoms with Crippen LogP contribution in [0.2, 0.25) is 0 Å². The summed E-state index contributed by atoms with van der Waals surface area (Å²) in [5.74, 6) is 0.256. The van der Waals surface area contributed by atoms with Gasteiger partial charge in [0.15, 0.2) is 0 Å². The Balaban J connectivity index is 1.70. The SMILES string of the molecule is C=CCCOC(C)C(=O)N1CCC(C(=O)NC2CC2)CC1. The number of likely N-dealkylation sites (tertiary alicyclic amines) is 1. The maximum Gasteiger partial charge on any atom is 0.251 e. The van der Waals surface area contributed by atoms with Gasteiger partial charge in [0.05, 0.1) is 6.61 Å². The van der Waals surface area contributed by atoms with E-state index in [0.717, 1.165) is 32.1 Å². The van der Waals surface area contributed by atoms with Gasteiger partial charge in [-0.3, -0.25) is 9.59 Å². The Kier molecular flexibility index (Phi) is 5.79. The van der Waals surface area contributed by atoms with Crippen molar-refractivity contribution in [2.45, 2.75) is 51.2 Å². The highest BCUT2D eigenvalue weighted by Crippen LogP contribution is 2.23. The third-order valence-electron chi connectivity index (χ3n) is 4.14. The summed E-state index contributed by atoms with van der Waals surface area (Å²) in [5.41, 5.74) is 0. The molecule has 1 saturated heterocycles. The molecular formula is C16H26N2O3. The lowest BCUT2D eigenvalue weighted by Gasteiger charge is -2.33. The number of ether oxygens (including phenoxy) is 1. The molecule has 2 aliphatic rings. The summed E-state index contributed by atoms with van der Waals surface area (Å²) < 4.78 is 5.49. The molecule has 118 valence electrons. The van der Waals surface area contributed by atoms with E-state index in [1.54, 1.807) is 13.0 Å². The second kappa shape index (κ2) is 7.59. The molecule has 1 saturated carbocycles. The summed E-state index contributed by atoms with van der Waals surface area (Å²) in [6, 6.07) is 0.412. The molecule has 0 spiro atoms. The first-order valence-electron chi connectivity index (χ1n) is 7.93. The topological polar surface area (TPSA) is 58.6 Å². The Morgan fingerprint density at radius 1 is 1.33 bits per heavy atom. The van der Waals surface area contributed by atoms with E-state index >= 15 is 0 Å². The standard InChI is InChI=1S/C16H26N2O3/c1-3-4-11-21-12(2)16(20)18-9-7-13(8-10-18)15(19)17-14-5-6-14/h3,12-14H,1,4-11H2,2H3,(H,17,19). The first-order valence-corrected chi connectivity index (χ1v) is 7.93. The first-order chi connectivity index (χ1) is 10.1. The van der Waals surface area contributed by atoms with Crippen molar-refractivity contribution < 1.29 is 14.3 Å². The molecule has 0 bridgehead atoms. The molecule has 1 aliphatic heterocycles. The summed E-state index contributed by atoms with van der Waals surface area (Å²) in [5, 5.41) is 3.05. The zero-order valence-electron chi connectivity index (χ0n) is 12.8. The largest absolute Gasteiger partial charge is 0.368 e. The molecule has 2 rings (SSSR count). The van der Waals surface area contributed by atoms with E-state index in [9.17, 15) is 9.59 Å². The highest BCUT2D eigenvalue weighted by molar-refractivity contribution is 5.82. The summed E-state index contributed by atoms with van der Waals surface area (Å²) in [6.07, 6.45) is 5.85. The van der Waals surface area contributed by atoms with Crippen LogP contribution >= 0.6 is 0 Å². The number of rotatable bonds is 7. The first kappa shape index (κ1) is 16.0. The second-order valence-corrected chi connectivity index (χ2v) is 5.97. The quantitative estimate of drug-likeness (QED) is 0.571. The molecule has 5 nitrogen and oxygen atoms in total. The van der Waals surface area contributed by atoms with Crippen LogP contribution in [0.3, 0.4) is 0 Å². The van der Waals surface area contributed by atoms with E-state index in [1.807, 2.05) is 4.90 Å². The minimum atomic E-state index is -0.415. The van der Waals surface area contributed by atoms with Crippen molar-refractivity contribution in [1.29, 1.82) is 0 Å². The third-order valence-corrected chi connectivity index (χ3v) is 4.14. The third kappa shape index (κ3) is 4.84. The van der Waals surface area contributed by atoms with E-state index < -0.39 is 6.10 Å². The predicted molar refractivity (Wildman–Crippen MR) is 80.7 cm³/mol. The van der Waals surface area contributed by atoms with Gasteiger partial charge in [0.25, 0.3) is 5.91 Å². The number of hydrogen-bond acceptors (Lipinski definition) is 3. The van der Waals surface area contributed by atoms with Gasteiger partial charge >= 0.3 is 0 Å². The summed E-state index contributed by atoms with van der Waals surface area (Å²) >= 11 is 0. The zero-order chi connectivity index (χ0) is 15.2. The Bertz CT molecular complexity index is 385. The molecule has 1 atom stereocenters. The van der Waals surface area contributed by atoms with Gasteiger partial charge in [-0.05, 0) is 39.0 Å². The van der Waals surface area contributed by atoms with Crippen molar-refractivity contribution >= 4 is 11.8 Å². The van der Waals surface area contributed by atoms with Crippen LogP contribution in [-0.2, 0) is 14.3 Å². The predicted octanol–water partition coefficient (Wildman–Crippen LogP) is 1.48. The number of amides is 2. The summed E-state index contributed by atoms with van der Waals surface area (Å²) in [7, 11) is 0. The fourth-order valence-corrected chi connectivity index (χ4v) is 2.57. The molecule has 0 aromatic carbocycles. The minimum absolute atomic E-state index is 0.0279. The van der Waals surface area contributed by atoms with E-state index in [1.165, 1.54) is 0 Å². The maximum atomic E-state index is 12.2. The second-order valence-electron chi connectivity index (χ2n) is 5.97. The molecule has 0 radical (unpaired) electrons. The van der Waals surface area contributed by atoms with Crippen LogP contribution in [0.4, 0.5) is 0 Å². The molecule has 21 heavy (non-hydrogen) atoms. The van der Waals surface area contributed by atoms with Gasteiger partial charge in [0, 0.05) is 25.0 Å². The number of hydrogen-bond donors (Lipinski definition) is 1. The van der Waals surface area contributed by atoms with Gasteiger partial charge in [0.2, 0.25) is 5.91 Å². The van der Waals surface area contributed by atoms with Gasteiger partial charge in [-0.2, -0.15) is 0 Å². The van der Waals surface area contributed by atoms with E-state index in [0.29, 0.717) is 25.7 Å². The van der Waals surface area contributed by atoms with E-state index in [4.69, 9.17) is 4.74 Å². The van der Waals surface area contributed by atoms with Crippen LogP contribution in [0.25, 0.3) is 0 Å². The number of carbonyl (C=O) groups excluding carboxylic acids is 2. The molecule has 2 amide bonds. The molecule has 1 heterocycles. The molecule has 2 fully saturated rings. The fraction of sp³-hybridized carbons (Fsp3) is 0.750. The average Bonchev–Trinajstić information content (AvgIpc) is 3.30. The van der Waals surface area contributed by atoms with Crippen molar-refractivity contribution in [3.63, 3.8) is 0 Å². The van der Waals surface area contributed by atoms with Crippen LogP contribution in [0.1, 0.15) is 39.0 Å². The maximum absolute atomic E-state index is 12.2. The Morgan fingerprint density at radius 2 is 2.00 bits per heavy atom. The minimum Gasteiger partial charge on any atom is -0.368 e. The monoisotopic (exact) mass is 294 g/mol. The molecule has 1 unspecified atom stereocenters. The Hall–Kier alpha value is -1.36. The van der Waals surface area contributed by atoms with Crippen molar-refractivity contribution in [2.24, 2.45) is 5.92 Å². The normalized spacial score (nSPS) is 20.9. The number of piperidine rings is 1. The molecule has 1 N–H and O–H groups in total. The highest BCUT2D eigenvalue weighted by atomic mass is 16.5. The number of nitrogens with one attached hydrogen (secondary N) is 1. The van der Waals surface area contributed by atoms with Crippen LogP contribution in [0.15, 0.2) is 12.7 Å². The molecule has 0 aromatic rings. The highest BCUT2D eigenvalue weighted by Gasteiger charge is 2.32. The van der Waals surface area contributed by atoms with Crippen LogP contribution in [0, 0.1) is 5.92 Å². The lowest BCUT2D eigenvalue weighted by Crippen LogP contribution is -2.46. The number of carbonyl (C=O) groups is 2. The van der Waals surface area contributed by atoms with E-state index in [2.05, 4.69) is 11.9 Å². The Morgan fingerprint density at radius 3 is 2.57 bits per heavy atom. The van der Waals surface area contributed by atoms with Gasteiger partial charge in [-0.15, -0.1) is 6.58 Å². The molecule has 5 heteroatoms. The van der Waals surface area contributed by atoms with Crippen LogP contribution < -0.4 is 5.32 Å². The Labute approximate surface area is 126 Å². The van der Waals surface area contributed by atoms with Crippen LogP contribution in [-0.4, -0.2) is 48.6 Å². The van der Waals surface area contributed by atoms with Crippen molar-refractivity contribution in [1.82, 2.24) is 10.2 Å². The molecule has 1 aliphatic carbocycles.